The van der Waals surface area contributed by atoms with Crippen molar-refractivity contribution < 1.29 is 20.1 Å². The van der Waals surface area contributed by atoms with Crippen LogP contribution in [-0.4, -0.2) is 46.1 Å². The van der Waals surface area contributed by atoms with Gasteiger partial charge in [0, 0.05) is 0 Å². The Morgan fingerprint density at radius 1 is 0.324 bits per heavy atom. The summed E-state index contributed by atoms with van der Waals surface area (Å²) in [7, 11) is 0. The van der Waals surface area contributed by atoms with Crippen LogP contribution >= 0.6 is 0 Å². The number of carbonyl (C=O) groups excluding carboxylic acids is 1. The number of unbranched alkanes of at least 4 members (excludes halogenated alkanes) is 48. The van der Waals surface area contributed by atoms with E-state index >= 15 is 0 Å². The number of nitrogens with one attached hydrogen (secondary N) is 1. The summed E-state index contributed by atoms with van der Waals surface area (Å²) < 4.78 is 0. The van der Waals surface area contributed by atoms with Crippen molar-refractivity contribution in [2.75, 3.05) is 6.61 Å². The molecule has 436 valence electrons. The summed E-state index contributed by atoms with van der Waals surface area (Å²) in [4.78, 5) is 12.6. The lowest BCUT2D eigenvalue weighted by molar-refractivity contribution is -0.131. The van der Waals surface area contributed by atoms with Crippen LogP contribution in [0.2, 0.25) is 0 Å². The molecule has 0 aromatic heterocycles. The van der Waals surface area contributed by atoms with Crippen LogP contribution in [0.15, 0.2) is 48.6 Å². The van der Waals surface area contributed by atoms with E-state index in [1.54, 1.807) is 6.08 Å². The fourth-order valence-corrected chi connectivity index (χ4v) is 10.5. The van der Waals surface area contributed by atoms with Crippen LogP contribution < -0.4 is 5.32 Å². The Labute approximate surface area is 463 Å². The lowest BCUT2D eigenvalue weighted by Gasteiger charge is -2.21. The minimum absolute atomic E-state index is 0.380. The van der Waals surface area contributed by atoms with Crippen molar-refractivity contribution in [2.24, 2.45) is 0 Å². The maximum absolute atomic E-state index is 12.6. The van der Waals surface area contributed by atoms with E-state index in [1.807, 2.05) is 6.08 Å². The summed E-state index contributed by atoms with van der Waals surface area (Å²) >= 11 is 0. The summed E-state index contributed by atoms with van der Waals surface area (Å²) in [5.41, 5.74) is 0. The zero-order chi connectivity index (χ0) is 53.6. The third-order valence-corrected chi connectivity index (χ3v) is 15.6. The minimum atomic E-state index is -1.11. The molecule has 0 radical (unpaired) electrons. The van der Waals surface area contributed by atoms with Crippen LogP contribution in [0.3, 0.4) is 0 Å². The van der Waals surface area contributed by atoms with Crippen molar-refractivity contribution in [3.8, 4) is 0 Å². The molecule has 5 nitrogen and oxygen atoms in total. The average molecular weight is 1040 g/mol. The summed E-state index contributed by atoms with van der Waals surface area (Å²) in [5.74, 6) is -0.512. The Morgan fingerprint density at radius 3 is 0.824 bits per heavy atom. The summed E-state index contributed by atoms with van der Waals surface area (Å²) in [5, 5.41) is 33.4. The maximum Gasteiger partial charge on any atom is 0.249 e. The maximum atomic E-state index is 12.6. The molecule has 0 saturated carbocycles. The second-order valence-corrected chi connectivity index (χ2v) is 23.0. The van der Waals surface area contributed by atoms with Crippen LogP contribution in [0.25, 0.3) is 0 Å². The Bertz CT molecular complexity index is 1190. The van der Waals surface area contributed by atoms with Crippen LogP contribution in [-0.2, 0) is 4.79 Å². The molecule has 0 fully saturated rings. The van der Waals surface area contributed by atoms with E-state index in [1.165, 1.54) is 295 Å². The topological polar surface area (TPSA) is 89.8 Å². The third kappa shape index (κ3) is 58.0. The van der Waals surface area contributed by atoms with Gasteiger partial charge in [-0.25, -0.2) is 0 Å². The Morgan fingerprint density at radius 2 is 0.554 bits per heavy atom. The predicted octanol–water partition coefficient (Wildman–Crippen LogP) is 21.5. The molecule has 74 heavy (non-hydrogen) atoms. The van der Waals surface area contributed by atoms with Gasteiger partial charge in [0.15, 0.2) is 0 Å². The molecule has 3 atom stereocenters. The van der Waals surface area contributed by atoms with Crippen LogP contribution in [0.1, 0.15) is 361 Å². The summed E-state index contributed by atoms with van der Waals surface area (Å²) in [6, 6.07) is -0.823. The Kier molecular flexibility index (Phi) is 62.4. The molecule has 0 rings (SSSR count). The minimum Gasteiger partial charge on any atom is -0.394 e. The third-order valence-electron chi connectivity index (χ3n) is 15.6. The number of hydrogen-bond donors (Lipinski definition) is 4. The number of rotatable bonds is 62. The average Bonchev–Trinajstić information content (AvgIpc) is 3.41. The highest BCUT2D eigenvalue weighted by molar-refractivity contribution is 5.80. The van der Waals surface area contributed by atoms with E-state index in [-0.39, 0.29) is 6.61 Å². The summed E-state index contributed by atoms with van der Waals surface area (Å²) in [6.45, 7) is 4.21. The van der Waals surface area contributed by atoms with Crippen molar-refractivity contribution in [1.82, 2.24) is 5.32 Å². The first-order valence-electron chi connectivity index (χ1n) is 33.5. The van der Waals surface area contributed by atoms with Gasteiger partial charge in [0.05, 0.1) is 18.8 Å². The molecule has 0 aliphatic carbocycles. The number of hydrogen-bond acceptors (Lipinski definition) is 4. The van der Waals surface area contributed by atoms with Crippen LogP contribution in [0.4, 0.5) is 0 Å². The lowest BCUT2D eigenvalue weighted by atomic mass is 10.0. The van der Waals surface area contributed by atoms with Crippen LogP contribution in [0, 0.1) is 0 Å². The second-order valence-electron chi connectivity index (χ2n) is 23.0. The molecule has 0 aromatic carbocycles. The van der Waals surface area contributed by atoms with Gasteiger partial charge in [-0.15, -0.1) is 0 Å². The number of carbonyl (C=O) groups is 1. The molecule has 1 amide bonds. The molecule has 0 spiro atoms. The Balaban J connectivity index is 3.52. The number of allylic oxidation sites excluding steroid dienone is 7. The highest BCUT2D eigenvalue weighted by Gasteiger charge is 2.22. The molecule has 5 heteroatoms. The van der Waals surface area contributed by atoms with E-state index < -0.39 is 24.2 Å². The molecule has 0 aliphatic rings. The standard InChI is InChI=1S/C69H131NO4/c1-3-5-7-9-11-13-15-17-19-21-23-25-27-28-29-30-31-32-33-34-35-36-37-38-39-40-41-42-44-46-48-50-52-54-56-58-60-62-64-68(73)69(74)70-66(65-71)67(72)63-61-59-57-55-53-51-49-47-45-43-26-24-22-20-18-16-14-12-10-8-6-4-2/h34-35,45,47,53,55,61,63,66-68,71-73H,3-33,36-44,46,48-52,54,56-60,62,64-65H2,1-2H3,(H,70,74)/b35-34-,47-45+,55-53+,63-61+. The summed E-state index contributed by atoms with van der Waals surface area (Å²) in [6.07, 6.45) is 86.8. The largest absolute Gasteiger partial charge is 0.394 e. The molecule has 4 N–H and O–H groups in total. The Hall–Kier alpha value is -1.69. The number of aliphatic hydroxyl groups excluding tert-OH is 3. The van der Waals surface area contributed by atoms with Gasteiger partial charge in [0.1, 0.15) is 6.10 Å². The van der Waals surface area contributed by atoms with Crippen molar-refractivity contribution in [1.29, 1.82) is 0 Å². The van der Waals surface area contributed by atoms with Gasteiger partial charge in [-0.3, -0.25) is 4.79 Å². The smallest absolute Gasteiger partial charge is 0.249 e. The first kappa shape index (κ1) is 72.3. The SMILES string of the molecule is CCCCCCCCCCCCCC/C=C/CC/C=C/CC/C=C/C(O)C(CO)NC(=O)C(O)CCCCCCCCCCCCCCCCCC/C=C\CCCCCCCCCCCCCCCCCCCC. The number of amides is 1. The molecule has 3 unspecified atom stereocenters. The molecule has 0 saturated heterocycles. The highest BCUT2D eigenvalue weighted by Crippen LogP contribution is 2.18. The predicted molar refractivity (Wildman–Crippen MR) is 328 cm³/mol. The monoisotopic (exact) mass is 1040 g/mol. The fourth-order valence-electron chi connectivity index (χ4n) is 10.5. The number of aliphatic hydroxyl groups is 3. The zero-order valence-corrected chi connectivity index (χ0v) is 50.0. The fraction of sp³-hybridized carbons (Fsp3) is 0.870. The second kappa shape index (κ2) is 63.8. The molecule has 0 aromatic rings. The van der Waals surface area contributed by atoms with Gasteiger partial charge >= 0.3 is 0 Å². The van der Waals surface area contributed by atoms with E-state index in [4.69, 9.17) is 0 Å². The van der Waals surface area contributed by atoms with E-state index in [2.05, 4.69) is 55.6 Å². The van der Waals surface area contributed by atoms with Crippen molar-refractivity contribution in [3.63, 3.8) is 0 Å². The van der Waals surface area contributed by atoms with Crippen molar-refractivity contribution in [2.45, 2.75) is 379 Å². The van der Waals surface area contributed by atoms with E-state index in [0.717, 1.165) is 44.9 Å². The molecule has 0 bridgehead atoms. The van der Waals surface area contributed by atoms with Gasteiger partial charge < -0.3 is 20.6 Å². The first-order chi connectivity index (χ1) is 36.6. The zero-order valence-electron chi connectivity index (χ0n) is 50.0. The first-order valence-corrected chi connectivity index (χ1v) is 33.5. The van der Waals surface area contributed by atoms with Gasteiger partial charge in [-0.05, 0) is 70.6 Å². The van der Waals surface area contributed by atoms with Crippen molar-refractivity contribution in [3.05, 3.63) is 48.6 Å². The van der Waals surface area contributed by atoms with E-state index in [9.17, 15) is 20.1 Å². The van der Waals surface area contributed by atoms with E-state index in [0.29, 0.717) is 6.42 Å². The van der Waals surface area contributed by atoms with Gasteiger partial charge in [0.2, 0.25) is 5.91 Å². The highest BCUT2D eigenvalue weighted by atomic mass is 16.3. The quantitative estimate of drug-likeness (QED) is 0.0361. The van der Waals surface area contributed by atoms with Crippen molar-refractivity contribution >= 4 is 5.91 Å². The lowest BCUT2D eigenvalue weighted by Crippen LogP contribution is -2.48. The molecule has 0 heterocycles. The molecule has 0 aliphatic heterocycles. The van der Waals surface area contributed by atoms with Crippen LogP contribution in [0.5, 0.6) is 0 Å². The van der Waals surface area contributed by atoms with Gasteiger partial charge in [-0.1, -0.05) is 339 Å². The van der Waals surface area contributed by atoms with Gasteiger partial charge in [-0.2, -0.15) is 0 Å². The normalized spacial score (nSPS) is 13.4. The molecular weight excluding hydrogens is 907 g/mol. The molecular formula is C69H131NO4. The van der Waals surface area contributed by atoms with Gasteiger partial charge in [0.25, 0.3) is 0 Å².